The van der Waals surface area contributed by atoms with Crippen LogP contribution in [-0.2, 0) is 11.2 Å². The van der Waals surface area contributed by atoms with Crippen LogP contribution in [0.2, 0.25) is 0 Å². The molecule has 1 aromatic rings. The smallest absolute Gasteiger partial charge is 0.314 e. The molecule has 0 aliphatic rings. The van der Waals surface area contributed by atoms with Crippen LogP contribution in [0.4, 0.5) is 4.79 Å². The summed E-state index contributed by atoms with van der Waals surface area (Å²) in [4.78, 5) is 26.3. The molecule has 0 aromatic carbocycles. The van der Waals surface area contributed by atoms with Crippen molar-refractivity contribution in [1.82, 2.24) is 15.6 Å². The number of carbonyl (C=O) groups excluding carboxylic acids is 1. The van der Waals surface area contributed by atoms with Gasteiger partial charge in [0.2, 0.25) is 0 Å². The average Bonchev–Trinajstić information content (AvgIpc) is 2.82. The summed E-state index contributed by atoms with van der Waals surface area (Å²) in [5.41, 5.74) is 1.00. The second-order valence-electron chi connectivity index (χ2n) is 5.12. The van der Waals surface area contributed by atoms with Crippen molar-refractivity contribution < 1.29 is 14.7 Å². The van der Waals surface area contributed by atoms with E-state index in [0.717, 1.165) is 23.5 Å². The fourth-order valence-corrected chi connectivity index (χ4v) is 2.48. The Kier molecular flexibility index (Phi) is 7.74. The van der Waals surface area contributed by atoms with Crippen LogP contribution in [0.1, 0.15) is 36.9 Å². The Hall–Kier alpha value is -1.63. The van der Waals surface area contributed by atoms with E-state index in [9.17, 15) is 9.59 Å². The molecule has 3 N–H and O–H groups in total. The highest BCUT2D eigenvalue weighted by atomic mass is 32.1. The van der Waals surface area contributed by atoms with E-state index in [1.54, 1.807) is 11.3 Å². The number of amides is 2. The number of nitrogens with one attached hydrogen (secondary N) is 2. The maximum Gasteiger partial charge on any atom is 0.314 e. The first-order valence-corrected chi connectivity index (χ1v) is 8.00. The van der Waals surface area contributed by atoms with Crippen LogP contribution in [-0.4, -0.2) is 35.2 Å². The van der Waals surface area contributed by atoms with E-state index in [2.05, 4.69) is 15.6 Å². The molecule has 7 heteroatoms. The van der Waals surface area contributed by atoms with Crippen molar-refractivity contribution in [2.24, 2.45) is 5.92 Å². The number of thiazole rings is 1. The number of urea groups is 1. The van der Waals surface area contributed by atoms with Gasteiger partial charge in [-0.3, -0.25) is 4.79 Å². The molecule has 1 atom stereocenters. The molecule has 0 saturated carbocycles. The van der Waals surface area contributed by atoms with Gasteiger partial charge in [-0.25, -0.2) is 9.78 Å². The molecule has 0 radical (unpaired) electrons. The van der Waals surface area contributed by atoms with E-state index in [1.807, 2.05) is 19.2 Å². The number of aliphatic carboxylic acids is 1. The van der Waals surface area contributed by atoms with Crippen molar-refractivity contribution in [3.8, 4) is 0 Å². The number of rotatable bonds is 9. The van der Waals surface area contributed by atoms with Crippen LogP contribution in [0, 0.1) is 12.8 Å². The predicted octanol–water partition coefficient (Wildman–Crippen LogP) is 2.18. The molecule has 21 heavy (non-hydrogen) atoms. The van der Waals surface area contributed by atoms with Crippen LogP contribution in [0.15, 0.2) is 5.38 Å². The van der Waals surface area contributed by atoms with Gasteiger partial charge in [0.05, 0.1) is 10.7 Å². The maximum absolute atomic E-state index is 11.6. The Bertz CT molecular complexity index is 462. The summed E-state index contributed by atoms with van der Waals surface area (Å²) in [6.07, 6.45) is 2.33. The molecule has 0 bridgehead atoms. The van der Waals surface area contributed by atoms with Gasteiger partial charge in [-0.15, -0.1) is 11.3 Å². The largest absolute Gasteiger partial charge is 0.481 e. The number of hydrogen-bond donors (Lipinski definition) is 3. The van der Waals surface area contributed by atoms with Gasteiger partial charge in [-0.05, 0) is 25.7 Å². The molecule has 0 aliphatic carbocycles. The molecular weight excluding hydrogens is 290 g/mol. The van der Waals surface area contributed by atoms with Gasteiger partial charge < -0.3 is 15.7 Å². The predicted molar refractivity (Wildman–Crippen MR) is 82.6 cm³/mol. The molecule has 1 unspecified atom stereocenters. The van der Waals surface area contributed by atoms with Crippen molar-refractivity contribution in [2.45, 2.75) is 39.5 Å². The monoisotopic (exact) mass is 313 g/mol. The summed E-state index contributed by atoms with van der Waals surface area (Å²) in [6, 6.07) is -0.188. The van der Waals surface area contributed by atoms with E-state index in [4.69, 9.17) is 5.11 Å². The van der Waals surface area contributed by atoms with E-state index < -0.39 is 5.97 Å². The molecule has 0 spiro atoms. The van der Waals surface area contributed by atoms with E-state index >= 15 is 0 Å². The van der Waals surface area contributed by atoms with Gasteiger partial charge in [-0.2, -0.15) is 0 Å². The molecule has 118 valence electrons. The van der Waals surface area contributed by atoms with Gasteiger partial charge in [0.25, 0.3) is 0 Å². The van der Waals surface area contributed by atoms with Gasteiger partial charge in [0.15, 0.2) is 0 Å². The molecule has 2 amide bonds. The molecule has 6 nitrogen and oxygen atoms in total. The standard InChI is InChI=1S/C14H23N3O3S/c1-10(3-4-13(18)19)5-7-15-14(20)16-8-6-12-9-21-11(2)17-12/h9-10H,3-8H2,1-2H3,(H,18,19)(H2,15,16,20). The SMILES string of the molecule is Cc1nc(CCNC(=O)NCCC(C)CCC(=O)O)cs1. The van der Waals surface area contributed by atoms with E-state index in [0.29, 0.717) is 25.4 Å². The van der Waals surface area contributed by atoms with Crippen LogP contribution >= 0.6 is 11.3 Å². The molecule has 0 fully saturated rings. The van der Waals surface area contributed by atoms with Crippen molar-refractivity contribution in [1.29, 1.82) is 0 Å². The van der Waals surface area contributed by atoms with E-state index in [1.165, 1.54) is 0 Å². The summed E-state index contributed by atoms with van der Waals surface area (Å²) in [6.45, 7) is 5.07. The van der Waals surface area contributed by atoms with Crippen LogP contribution in [0.25, 0.3) is 0 Å². The molecule has 1 heterocycles. The number of aryl methyl sites for hydroxylation is 1. The number of aromatic nitrogens is 1. The highest BCUT2D eigenvalue weighted by Gasteiger charge is 2.06. The summed E-state index contributed by atoms with van der Waals surface area (Å²) < 4.78 is 0. The first-order valence-electron chi connectivity index (χ1n) is 7.12. The number of carbonyl (C=O) groups is 2. The number of carboxylic acid groups (broad SMARTS) is 1. The minimum atomic E-state index is -0.773. The Morgan fingerprint density at radius 2 is 2.05 bits per heavy atom. The van der Waals surface area contributed by atoms with Gasteiger partial charge in [0, 0.05) is 31.3 Å². The lowest BCUT2D eigenvalue weighted by Crippen LogP contribution is -2.37. The van der Waals surface area contributed by atoms with Crippen molar-refractivity contribution in [2.75, 3.05) is 13.1 Å². The van der Waals surface area contributed by atoms with Gasteiger partial charge >= 0.3 is 12.0 Å². The molecule has 0 aliphatic heterocycles. The Morgan fingerprint density at radius 1 is 1.33 bits per heavy atom. The van der Waals surface area contributed by atoms with Crippen LogP contribution in [0.5, 0.6) is 0 Å². The van der Waals surface area contributed by atoms with E-state index in [-0.39, 0.29) is 12.5 Å². The van der Waals surface area contributed by atoms with Gasteiger partial charge in [0.1, 0.15) is 0 Å². The molecular formula is C14H23N3O3S. The summed E-state index contributed by atoms with van der Waals surface area (Å²) in [5.74, 6) is -0.482. The molecule has 1 aromatic heterocycles. The third-order valence-corrected chi connectivity index (χ3v) is 3.93. The summed E-state index contributed by atoms with van der Waals surface area (Å²) >= 11 is 1.61. The minimum Gasteiger partial charge on any atom is -0.481 e. The fourth-order valence-electron chi connectivity index (χ4n) is 1.84. The van der Waals surface area contributed by atoms with Crippen LogP contribution in [0.3, 0.4) is 0 Å². The third-order valence-electron chi connectivity index (χ3n) is 3.11. The highest BCUT2D eigenvalue weighted by molar-refractivity contribution is 7.09. The average molecular weight is 313 g/mol. The number of hydrogen-bond acceptors (Lipinski definition) is 4. The minimum absolute atomic E-state index is 0.181. The maximum atomic E-state index is 11.6. The van der Waals surface area contributed by atoms with Gasteiger partial charge in [-0.1, -0.05) is 6.92 Å². The lowest BCUT2D eigenvalue weighted by Gasteiger charge is -2.11. The Labute approximate surface area is 129 Å². The second-order valence-corrected chi connectivity index (χ2v) is 6.18. The topological polar surface area (TPSA) is 91.3 Å². The lowest BCUT2D eigenvalue weighted by molar-refractivity contribution is -0.137. The second kappa shape index (κ2) is 9.33. The molecule has 1 rings (SSSR count). The number of nitrogens with zero attached hydrogens (tertiary/aromatic N) is 1. The van der Waals surface area contributed by atoms with Crippen molar-refractivity contribution in [3.63, 3.8) is 0 Å². The normalized spacial score (nSPS) is 11.9. The zero-order valence-electron chi connectivity index (χ0n) is 12.5. The third kappa shape index (κ3) is 8.29. The molecule has 0 saturated heterocycles. The summed E-state index contributed by atoms with van der Waals surface area (Å²) in [5, 5.41) is 17.2. The number of carboxylic acids is 1. The van der Waals surface area contributed by atoms with Crippen molar-refractivity contribution in [3.05, 3.63) is 16.1 Å². The zero-order valence-corrected chi connectivity index (χ0v) is 13.3. The highest BCUT2D eigenvalue weighted by Crippen LogP contribution is 2.09. The van der Waals surface area contributed by atoms with Crippen LogP contribution < -0.4 is 10.6 Å². The Balaban J connectivity index is 2.04. The first kappa shape index (κ1) is 17.4. The Morgan fingerprint density at radius 3 is 2.67 bits per heavy atom. The summed E-state index contributed by atoms with van der Waals surface area (Å²) in [7, 11) is 0. The lowest BCUT2D eigenvalue weighted by atomic mass is 10.0. The zero-order chi connectivity index (χ0) is 15.7. The fraction of sp³-hybridized carbons (Fsp3) is 0.643. The quantitative estimate of drug-likeness (QED) is 0.651. The first-order chi connectivity index (χ1) is 9.97. The van der Waals surface area contributed by atoms with Crippen molar-refractivity contribution >= 4 is 23.3 Å².